The van der Waals surface area contributed by atoms with Gasteiger partial charge in [-0.2, -0.15) is 0 Å². The molecule has 0 aromatic heterocycles. The third-order valence-corrected chi connectivity index (χ3v) is 3.97. The zero-order valence-corrected chi connectivity index (χ0v) is 13.1. The van der Waals surface area contributed by atoms with Crippen molar-refractivity contribution >= 4 is 18.3 Å². The first-order valence-corrected chi connectivity index (χ1v) is 6.79. The molecule has 6 heteroatoms. The number of ether oxygens (including phenoxy) is 2. The molecular formula is C15H20BNO4. The molecule has 1 saturated heterocycles. The molecule has 0 amide bonds. The summed E-state index contributed by atoms with van der Waals surface area (Å²) in [6, 6.07) is 5.21. The van der Waals surface area contributed by atoms with Crippen LogP contribution in [0.25, 0.3) is 4.85 Å². The van der Waals surface area contributed by atoms with Crippen molar-refractivity contribution in [3.8, 4) is 5.75 Å². The highest BCUT2D eigenvalue weighted by Crippen LogP contribution is 2.37. The maximum Gasteiger partial charge on any atom is 0.498 e. The van der Waals surface area contributed by atoms with Crippen LogP contribution >= 0.6 is 0 Å². The van der Waals surface area contributed by atoms with Crippen molar-refractivity contribution in [2.24, 2.45) is 0 Å². The summed E-state index contributed by atoms with van der Waals surface area (Å²) < 4.78 is 22.5. The Morgan fingerprint density at radius 3 is 2.33 bits per heavy atom. The molecule has 0 unspecified atom stereocenters. The molecule has 1 aromatic rings. The smallest absolute Gasteiger partial charge is 0.469 e. The second kappa shape index (κ2) is 5.68. The maximum absolute atomic E-state index is 7.10. The second-order valence-corrected chi connectivity index (χ2v) is 5.97. The van der Waals surface area contributed by atoms with E-state index >= 15 is 0 Å². The minimum absolute atomic E-state index is 0.105. The van der Waals surface area contributed by atoms with E-state index in [0.717, 1.165) is 5.46 Å². The highest BCUT2D eigenvalue weighted by atomic mass is 16.7. The fraction of sp³-hybridized carbons (Fsp3) is 0.533. The minimum Gasteiger partial charge on any atom is -0.469 e. The fourth-order valence-electron chi connectivity index (χ4n) is 2.00. The number of rotatable bonds is 4. The first kappa shape index (κ1) is 15.8. The Kier molecular flexibility index (Phi) is 4.29. The quantitative estimate of drug-likeness (QED) is 0.485. The largest absolute Gasteiger partial charge is 0.498 e. The van der Waals surface area contributed by atoms with Gasteiger partial charge in [0.05, 0.1) is 17.8 Å². The van der Waals surface area contributed by atoms with Crippen molar-refractivity contribution < 1.29 is 18.8 Å². The van der Waals surface area contributed by atoms with E-state index in [0.29, 0.717) is 11.4 Å². The average molecular weight is 289 g/mol. The van der Waals surface area contributed by atoms with Crippen LogP contribution in [0.4, 0.5) is 5.69 Å². The van der Waals surface area contributed by atoms with Crippen molar-refractivity contribution in [2.75, 3.05) is 13.9 Å². The van der Waals surface area contributed by atoms with Crippen LogP contribution in [0, 0.1) is 6.57 Å². The molecular weight excluding hydrogens is 269 g/mol. The van der Waals surface area contributed by atoms with Gasteiger partial charge in [-0.05, 0) is 33.8 Å². The van der Waals surface area contributed by atoms with Gasteiger partial charge < -0.3 is 18.8 Å². The number of benzene rings is 1. The summed E-state index contributed by atoms with van der Waals surface area (Å²) in [4.78, 5) is 3.41. The fourth-order valence-corrected chi connectivity index (χ4v) is 2.00. The molecule has 0 saturated carbocycles. The lowest BCUT2D eigenvalue weighted by molar-refractivity contribution is 0.00578. The summed E-state index contributed by atoms with van der Waals surface area (Å²) >= 11 is 0. The zero-order chi connectivity index (χ0) is 15.7. The summed E-state index contributed by atoms with van der Waals surface area (Å²) in [5.74, 6) is 0.545. The molecule has 0 bridgehead atoms. The lowest BCUT2D eigenvalue weighted by Crippen LogP contribution is -2.41. The van der Waals surface area contributed by atoms with Gasteiger partial charge in [0.25, 0.3) is 0 Å². The maximum atomic E-state index is 7.10. The van der Waals surface area contributed by atoms with Crippen LogP contribution < -0.4 is 10.2 Å². The van der Waals surface area contributed by atoms with Crippen molar-refractivity contribution in [1.29, 1.82) is 0 Å². The number of hydrogen-bond donors (Lipinski definition) is 0. The van der Waals surface area contributed by atoms with E-state index in [1.807, 2.05) is 27.7 Å². The highest BCUT2D eigenvalue weighted by Gasteiger charge is 2.52. The lowest BCUT2D eigenvalue weighted by atomic mass is 9.78. The number of nitrogens with zero attached hydrogens (tertiary/aromatic N) is 1. The first-order chi connectivity index (χ1) is 9.80. The van der Waals surface area contributed by atoms with E-state index in [4.69, 9.17) is 25.4 Å². The molecule has 0 N–H and O–H groups in total. The van der Waals surface area contributed by atoms with Gasteiger partial charge in [0.15, 0.2) is 12.5 Å². The molecule has 0 aliphatic carbocycles. The molecule has 0 radical (unpaired) electrons. The van der Waals surface area contributed by atoms with E-state index in [2.05, 4.69) is 4.85 Å². The van der Waals surface area contributed by atoms with Gasteiger partial charge >= 0.3 is 7.12 Å². The lowest BCUT2D eigenvalue weighted by Gasteiger charge is -2.32. The third kappa shape index (κ3) is 3.05. The zero-order valence-electron chi connectivity index (χ0n) is 13.1. The molecule has 5 nitrogen and oxygen atoms in total. The van der Waals surface area contributed by atoms with Gasteiger partial charge in [-0.1, -0.05) is 12.1 Å². The molecule has 1 aliphatic rings. The monoisotopic (exact) mass is 289 g/mol. The van der Waals surface area contributed by atoms with Crippen molar-refractivity contribution in [3.05, 3.63) is 29.6 Å². The van der Waals surface area contributed by atoms with Crippen LogP contribution in [0.3, 0.4) is 0 Å². The molecule has 0 spiro atoms. The second-order valence-electron chi connectivity index (χ2n) is 5.97. The van der Waals surface area contributed by atoms with Crippen LogP contribution in [-0.2, 0) is 14.0 Å². The molecule has 1 aromatic carbocycles. The summed E-state index contributed by atoms with van der Waals surface area (Å²) in [5.41, 5.74) is 0.419. The number of hydrogen-bond acceptors (Lipinski definition) is 4. The first-order valence-electron chi connectivity index (χ1n) is 6.79. The molecule has 1 aliphatic heterocycles. The van der Waals surface area contributed by atoms with E-state index in [9.17, 15) is 0 Å². The summed E-state index contributed by atoms with van der Waals surface area (Å²) in [6.45, 7) is 15.2. The Balaban J connectivity index is 2.34. The molecule has 1 fully saturated rings. The van der Waals surface area contributed by atoms with Gasteiger partial charge in [0.1, 0.15) is 5.75 Å². The van der Waals surface area contributed by atoms with Crippen LogP contribution in [-0.4, -0.2) is 32.2 Å². The van der Waals surface area contributed by atoms with Gasteiger partial charge in [-0.15, -0.1) is 0 Å². The van der Waals surface area contributed by atoms with Gasteiger partial charge in [-0.3, -0.25) is 0 Å². The van der Waals surface area contributed by atoms with Gasteiger partial charge in [-0.25, -0.2) is 4.85 Å². The Hall–Kier alpha value is -1.55. The molecule has 0 atom stereocenters. The van der Waals surface area contributed by atoms with E-state index < -0.39 is 18.3 Å². The normalized spacial score (nSPS) is 19.3. The number of methoxy groups -OCH3 is 1. The van der Waals surface area contributed by atoms with Gasteiger partial charge in [0, 0.05) is 12.6 Å². The summed E-state index contributed by atoms with van der Waals surface area (Å²) in [5, 5.41) is 0. The van der Waals surface area contributed by atoms with E-state index in [1.54, 1.807) is 25.3 Å². The Labute approximate surface area is 126 Å². The van der Waals surface area contributed by atoms with Crippen LogP contribution in [0.2, 0.25) is 0 Å². The summed E-state index contributed by atoms with van der Waals surface area (Å²) in [7, 11) is 1.02. The van der Waals surface area contributed by atoms with Crippen LogP contribution in [0.1, 0.15) is 27.7 Å². The topological polar surface area (TPSA) is 41.3 Å². The molecule has 112 valence electrons. The van der Waals surface area contributed by atoms with Crippen LogP contribution in [0.5, 0.6) is 5.75 Å². The molecule has 21 heavy (non-hydrogen) atoms. The summed E-state index contributed by atoms with van der Waals surface area (Å²) in [6.07, 6.45) is 0. The Morgan fingerprint density at radius 2 is 1.81 bits per heavy atom. The standard InChI is InChI=1S/C15H20BNO4/c1-14(2)15(3,4)21-16(20-14)12-8-7-11(17-5)9-13(12)19-10-18-6/h7-9H,10H2,1-4,6H3. The predicted molar refractivity (Wildman–Crippen MR) is 80.9 cm³/mol. The van der Waals surface area contributed by atoms with Crippen molar-refractivity contribution in [3.63, 3.8) is 0 Å². The van der Waals surface area contributed by atoms with E-state index in [1.165, 1.54) is 0 Å². The Bertz CT molecular complexity index is 549. The van der Waals surface area contributed by atoms with E-state index in [-0.39, 0.29) is 6.79 Å². The SMILES string of the molecule is [C-]#[N+]c1ccc(B2OC(C)(C)C(C)(C)O2)c(OCOC)c1. The highest BCUT2D eigenvalue weighted by molar-refractivity contribution is 6.63. The Morgan fingerprint density at radius 1 is 1.19 bits per heavy atom. The average Bonchev–Trinajstić information content (AvgIpc) is 2.64. The molecule has 1 heterocycles. The molecule has 2 rings (SSSR count). The van der Waals surface area contributed by atoms with Crippen molar-refractivity contribution in [2.45, 2.75) is 38.9 Å². The predicted octanol–water partition coefficient (Wildman–Crippen LogP) is 2.52. The van der Waals surface area contributed by atoms with Crippen molar-refractivity contribution in [1.82, 2.24) is 0 Å². The van der Waals surface area contributed by atoms with Crippen LogP contribution in [0.15, 0.2) is 18.2 Å². The third-order valence-electron chi connectivity index (χ3n) is 3.97. The minimum atomic E-state index is -0.526. The van der Waals surface area contributed by atoms with Gasteiger partial charge in [0.2, 0.25) is 0 Å².